The highest BCUT2D eigenvalue weighted by Gasteiger charge is 2.28. The second-order valence-electron chi connectivity index (χ2n) is 3.28. The largest absolute Gasteiger partial charge is 0.361 e. The molecule has 5 nitrogen and oxygen atoms in total. The van der Waals surface area contributed by atoms with Crippen LogP contribution in [0.25, 0.3) is 0 Å². The Balaban J connectivity index is 2.17. The van der Waals surface area contributed by atoms with Gasteiger partial charge in [0, 0.05) is 12.1 Å². The van der Waals surface area contributed by atoms with E-state index in [-0.39, 0.29) is 12.5 Å². The van der Waals surface area contributed by atoms with Crippen molar-refractivity contribution in [3.8, 4) is 0 Å². The lowest BCUT2D eigenvalue weighted by Crippen LogP contribution is -2.30. The fourth-order valence-electron chi connectivity index (χ4n) is 1.63. The third-order valence-electron chi connectivity index (χ3n) is 2.32. The molecule has 1 heterocycles. The minimum Gasteiger partial charge on any atom is -0.323 e. The molecular formula is C10H9NO4. The summed E-state index contributed by atoms with van der Waals surface area (Å²) >= 11 is 0. The van der Waals surface area contributed by atoms with Crippen molar-refractivity contribution in [1.29, 1.82) is 0 Å². The lowest BCUT2D eigenvalue weighted by Gasteiger charge is -2.12. The molecule has 78 valence electrons. The first-order valence-corrected chi connectivity index (χ1v) is 4.44. The van der Waals surface area contributed by atoms with Crippen molar-refractivity contribution in [2.75, 3.05) is 6.54 Å². The molecule has 0 atom stereocenters. The summed E-state index contributed by atoms with van der Waals surface area (Å²) in [6.07, 6.45) is 0. The topological polar surface area (TPSA) is 66.8 Å². The predicted molar refractivity (Wildman–Crippen MR) is 49.9 cm³/mol. The summed E-state index contributed by atoms with van der Waals surface area (Å²) in [7, 11) is 0. The van der Waals surface area contributed by atoms with Gasteiger partial charge in [0.15, 0.2) is 0 Å². The van der Waals surface area contributed by atoms with Crippen molar-refractivity contribution in [2.24, 2.45) is 0 Å². The highest BCUT2D eigenvalue weighted by Crippen LogP contribution is 2.21. The normalized spacial score (nSPS) is 13.9. The first-order chi connectivity index (χ1) is 7.22. The molecule has 1 aliphatic rings. The molecule has 0 saturated carbocycles. The van der Waals surface area contributed by atoms with Crippen LogP contribution in [0.15, 0.2) is 24.3 Å². The number of carbonyl (C=O) groups is 2. The number of rotatable bonds is 2. The summed E-state index contributed by atoms with van der Waals surface area (Å²) < 4.78 is 0. The van der Waals surface area contributed by atoms with Crippen LogP contribution in [-0.2, 0) is 16.2 Å². The number of hydrogen-bond donors (Lipinski definition) is 1. The van der Waals surface area contributed by atoms with E-state index in [1.54, 1.807) is 12.1 Å². The van der Waals surface area contributed by atoms with Gasteiger partial charge in [-0.05, 0) is 11.6 Å². The van der Waals surface area contributed by atoms with E-state index in [0.717, 1.165) is 5.56 Å². The van der Waals surface area contributed by atoms with E-state index in [1.165, 1.54) is 4.90 Å². The van der Waals surface area contributed by atoms with Crippen LogP contribution in [0.3, 0.4) is 0 Å². The number of nitrogens with zero attached hydrogens (tertiary/aromatic N) is 1. The van der Waals surface area contributed by atoms with E-state index >= 15 is 0 Å². The molecule has 1 amide bonds. The molecule has 2 rings (SSSR count). The molecule has 1 aliphatic heterocycles. The lowest BCUT2D eigenvalue weighted by molar-refractivity contribution is -0.234. The summed E-state index contributed by atoms with van der Waals surface area (Å²) in [6, 6.07) is 7.14. The Morgan fingerprint density at radius 2 is 2.20 bits per heavy atom. The zero-order valence-corrected chi connectivity index (χ0v) is 7.84. The molecule has 5 heteroatoms. The minimum absolute atomic E-state index is 0.212. The first-order valence-electron chi connectivity index (χ1n) is 4.44. The molecule has 0 bridgehead atoms. The van der Waals surface area contributed by atoms with Crippen LogP contribution in [-0.4, -0.2) is 28.6 Å². The Hall–Kier alpha value is -1.88. The molecule has 0 spiro atoms. The molecule has 0 fully saturated rings. The van der Waals surface area contributed by atoms with Crippen LogP contribution in [0, 0.1) is 0 Å². The summed E-state index contributed by atoms with van der Waals surface area (Å²) in [5.74, 6) is -1.05. The number of carbonyl (C=O) groups excluding carboxylic acids is 2. The van der Waals surface area contributed by atoms with Crippen LogP contribution in [0.4, 0.5) is 0 Å². The zero-order chi connectivity index (χ0) is 10.8. The van der Waals surface area contributed by atoms with Crippen LogP contribution < -0.4 is 0 Å². The van der Waals surface area contributed by atoms with Crippen molar-refractivity contribution in [3.63, 3.8) is 0 Å². The van der Waals surface area contributed by atoms with Gasteiger partial charge in [-0.1, -0.05) is 18.2 Å². The molecule has 0 unspecified atom stereocenters. The number of benzene rings is 1. The predicted octanol–water partition coefficient (Wildman–Crippen LogP) is 0.659. The monoisotopic (exact) mass is 207 g/mol. The van der Waals surface area contributed by atoms with Gasteiger partial charge in [-0.15, -0.1) is 0 Å². The van der Waals surface area contributed by atoms with E-state index < -0.39 is 5.97 Å². The van der Waals surface area contributed by atoms with E-state index in [0.29, 0.717) is 12.1 Å². The molecule has 0 aromatic heterocycles. The van der Waals surface area contributed by atoms with E-state index in [2.05, 4.69) is 4.89 Å². The van der Waals surface area contributed by atoms with Gasteiger partial charge in [0.05, 0.1) is 0 Å². The molecular weight excluding hydrogens is 198 g/mol. The molecule has 0 saturated heterocycles. The Morgan fingerprint density at radius 1 is 1.47 bits per heavy atom. The van der Waals surface area contributed by atoms with Gasteiger partial charge in [0.2, 0.25) is 0 Å². The van der Waals surface area contributed by atoms with Crippen LogP contribution in [0.5, 0.6) is 0 Å². The van der Waals surface area contributed by atoms with E-state index in [4.69, 9.17) is 5.26 Å². The fourth-order valence-corrected chi connectivity index (χ4v) is 1.63. The summed E-state index contributed by atoms with van der Waals surface area (Å²) in [5.41, 5.74) is 1.48. The first kappa shape index (κ1) is 9.67. The lowest BCUT2D eigenvalue weighted by atomic mass is 10.1. The second-order valence-corrected chi connectivity index (χ2v) is 3.28. The molecule has 1 aromatic carbocycles. The summed E-state index contributed by atoms with van der Waals surface area (Å²) in [4.78, 5) is 27.3. The molecule has 0 radical (unpaired) electrons. The molecule has 15 heavy (non-hydrogen) atoms. The third kappa shape index (κ3) is 1.69. The highest BCUT2D eigenvalue weighted by atomic mass is 17.1. The van der Waals surface area contributed by atoms with Crippen molar-refractivity contribution in [2.45, 2.75) is 6.54 Å². The zero-order valence-electron chi connectivity index (χ0n) is 7.84. The Bertz CT molecular complexity index is 416. The van der Waals surface area contributed by atoms with Gasteiger partial charge in [-0.25, -0.2) is 4.79 Å². The fraction of sp³-hybridized carbons (Fsp3) is 0.200. The van der Waals surface area contributed by atoms with Crippen LogP contribution in [0.2, 0.25) is 0 Å². The van der Waals surface area contributed by atoms with Crippen molar-refractivity contribution >= 4 is 11.9 Å². The molecule has 1 aromatic rings. The maximum absolute atomic E-state index is 11.7. The van der Waals surface area contributed by atoms with E-state index in [1.807, 2.05) is 12.1 Å². The van der Waals surface area contributed by atoms with Gasteiger partial charge >= 0.3 is 5.97 Å². The molecule has 1 N–H and O–H groups in total. The summed E-state index contributed by atoms with van der Waals surface area (Å²) in [6.45, 7) is 0.147. The van der Waals surface area contributed by atoms with Crippen molar-refractivity contribution < 1.29 is 19.7 Å². The average molecular weight is 207 g/mol. The number of amides is 1. The SMILES string of the molecule is O=C(CN1Cc2ccccc2C1=O)OO. The van der Waals surface area contributed by atoms with Crippen molar-refractivity contribution in [1.82, 2.24) is 4.90 Å². The minimum atomic E-state index is -0.837. The Morgan fingerprint density at radius 3 is 2.87 bits per heavy atom. The van der Waals surface area contributed by atoms with Gasteiger partial charge in [0.25, 0.3) is 5.91 Å². The van der Waals surface area contributed by atoms with Crippen molar-refractivity contribution in [3.05, 3.63) is 35.4 Å². The second kappa shape index (κ2) is 3.70. The summed E-state index contributed by atoms with van der Waals surface area (Å²) in [5, 5.41) is 8.11. The Labute approximate surface area is 85.8 Å². The van der Waals surface area contributed by atoms with E-state index in [9.17, 15) is 9.59 Å². The van der Waals surface area contributed by atoms with Gasteiger partial charge < -0.3 is 4.90 Å². The average Bonchev–Trinajstić information content (AvgIpc) is 2.57. The van der Waals surface area contributed by atoms with Gasteiger partial charge in [-0.2, -0.15) is 5.26 Å². The van der Waals surface area contributed by atoms with Crippen LogP contribution in [0.1, 0.15) is 15.9 Å². The van der Waals surface area contributed by atoms with Crippen LogP contribution >= 0.6 is 0 Å². The number of hydrogen-bond acceptors (Lipinski definition) is 4. The van der Waals surface area contributed by atoms with Gasteiger partial charge in [-0.3, -0.25) is 9.68 Å². The smallest absolute Gasteiger partial charge is 0.323 e. The standard InChI is InChI=1S/C10H9NO4/c12-9(15-14)6-11-5-7-3-1-2-4-8(7)10(11)13/h1-4,14H,5-6H2. The quantitative estimate of drug-likeness (QED) is 0.571. The third-order valence-corrected chi connectivity index (χ3v) is 2.32. The maximum atomic E-state index is 11.7. The van der Waals surface area contributed by atoms with Gasteiger partial charge in [0.1, 0.15) is 6.54 Å². The number of fused-ring (bicyclic) bond motifs is 1. The molecule has 0 aliphatic carbocycles. The highest BCUT2D eigenvalue weighted by molar-refractivity contribution is 5.99. The Kier molecular flexibility index (Phi) is 2.39. The maximum Gasteiger partial charge on any atom is 0.361 e.